The maximum Gasteiger partial charge on any atom is 0.214 e. The molecule has 0 aromatic carbocycles. The Labute approximate surface area is 146 Å². The van der Waals surface area contributed by atoms with Gasteiger partial charge in [0, 0.05) is 31.2 Å². The molecule has 2 aromatic rings. The van der Waals surface area contributed by atoms with E-state index in [1.165, 1.54) is 6.33 Å². The van der Waals surface area contributed by atoms with Gasteiger partial charge < -0.3 is 9.88 Å². The molecular weight excluding hydrogens is 340 g/mol. The lowest BCUT2D eigenvalue weighted by molar-refractivity contribution is 0.309. The van der Waals surface area contributed by atoms with Gasteiger partial charge >= 0.3 is 0 Å². The third-order valence-electron chi connectivity index (χ3n) is 5.38. The first kappa shape index (κ1) is 16.3. The van der Waals surface area contributed by atoms with Crippen molar-refractivity contribution in [3.05, 3.63) is 18.6 Å². The molecular formula is C16H20N6O2S. The van der Waals surface area contributed by atoms with Crippen LogP contribution in [0.5, 0.6) is 0 Å². The van der Waals surface area contributed by atoms with Gasteiger partial charge in [0.05, 0.1) is 16.7 Å². The highest BCUT2D eigenvalue weighted by atomic mass is 32.2. The molecule has 0 aliphatic heterocycles. The van der Waals surface area contributed by atoms with Crippen molar-refractivity contribution in [1.82, 2.24) is 19.7 Å². The van der Waals surface area contributed by atoms with E-state index < -0.39 is 15.3 Å². The zero-order chi connectivity index (χ0) is 17.6. The molecule has 0 unspecified atom stereocenters. The minimum Gasteiger partial charge on any atom is -0.356 e. The minimum absolute atomic E-state index is 0.0397. The van der Waals surface area contributed by atoms with E-state index in [0.717, 1.165) is 29.7 Å². The van der Waals surface area contributed by atoms with Gasteiger partial charge in [-0.05, 0) is 31.7 Å². The van der Waals surface area contributed by atoms with Crippen molar-refractivity contribution in [3.8, 4) is 6.07 Å². The molecule has 0 amide bonds. The molecule has 132 valence electrons. The highest BCUT2D eigenvalue weighted by Crippen LogP contribution is 2.35. The van der Waals surface area contributed by atoms with Gasteiger partial charge in [0.15, 0.2) is 0 Å². The summed E-state index contributed by atoms with van der Waals surface area (Å²) in [5, 5.41) is 9.35. The van der Waals surface area contributed by atoms with Gasteiger partial charge in [0.1, 0.15) is 17.8 Å². The number of rotatable bonds is 5. The Morgan fingerprint density at radius 1 is 1.32 bits per heavy atom. The molecule has 9 heteroatoms. The molecule has 0 spiro atoms. The molecule has 25 heavy (non-hydrogen) atoms. The van der Waals surface area contributed by atoms with Crippen molar-refractivity contribution in [2.24, 2.45) is 5.92 Å². The molecule has 8 nitrogen and oxygen atoms in total. The molecule has 0 atom stereocenters. The average molecular weight is 360 g/mol. The van der Waals surface area contributed by atoms with Crippen LogP contribution in [0.2, 0.25) is 0 Å². The minimum atomic E-state index is -3.32. The fourth-order valence-electron chi connectivity index (χ4n) is 3.57. The Kier molecular flexibility index (Phi) is 3.89. The van der Waals surface area contributed by atoms with E-state index in [-0.39, 0.29) is 18.0 Å². The van der Waals surface area contributed by atoms with Crippen LogP contribution < -0.4 is 9.62 Å². The van der Waals surface area contributed by atoms with E-state index in [2.05, 4.69) is 30.6 Å². The van der Waals surface area contributed by atoms with Gasteiger partial charge in [-0.1, -0.05) is 0 Å². The van der Waals surface area contributed by atoms with Gasteiger partial charge in [0.25, 0.3) is 0 Å². The number of nitriles is 1. The lowest BCUT2D eigenvalue weighted by Crippen LogP contribution is -2.55. The Bertz CT molecular complexity index is 921. The standard InChI is InChI=1S/C16H20N6O2S/c1-22(16-14-2-3-18-15(14)19-9-20-16)12-6-11(7-12)21-25(23,24)13-4-10(5-13)8-17/h2-3,9-13,21H,4-7H2,1H3,(H,18,19,20)/t10-,11-,12+,13-. The Morgan fingerprint density at radius 2 is 2.08 bits per heavy atom. The third-order valence-corrected chi connectivity index (χ3v) is 7.30. The second kappa shape index (κ2) is 5.97. The summed E-state index contributed by atoms with van der Waals surface area (Å²) in [5.41, 5.74) is 0.797. The summed E-state index contributed by atoms with van der Waals surface area (Å²) in [6.07, 6.45) is 5.77. The molecule has 0 radical (unpaired) electrons. The number of hydrogen-bond donors (Lipinski definition) is 2. The molecule has 0 bridgehead atoms. The normalized spacial score (nSPS) is 28.8. The van der Waals surface area contributed by atoms with E-state index in [4.69, 9.17) is 5.26 Å². The number of nitrogens with zero attached hydrogens (tertiary/aromatic N) is 4. The van der Waals surface area contributed by atoms with Gasteiger partial charge in [-0.15, -0.1) is 0 Å². The van der Waals surface area contributed by atoms with Crippen LogP contribution in [0.1, 0.15) is 25.7 Å². The lowest BCUT2D eigenvalue weighted by Gasteiger charge is -2.43. The maximum atomic E-state index is 12.3. The molecule has 2 fully saturated rings. The quantitative estimate of drug-likeness (QED) is 0.826. The molecule has 0 saturated heterocycles. The van der Waals surface area contributed by atoms with Crippen LogP contribution in [-0.2, 0) is 10.0 Å². The zero-order valence-corrected chi connectivity index (χ0v) is 14.7. The van der Waals surface area contributed by atoms with E-state index >= 15 is 0 Å². The largest absolute Gasteiger partial charge is 0.356 e. The smallest absolute Gasteiger partial charge is 0.214 e. The summed E-state index contributed by atoms with van der Waals surface area (Å²) in [7, 11) is -1.34. The van der Waals surface area contributed by atoms with Gasteiger partial charge in [0.2, 0.25) is 10.0 Å². The molecule has 2 N–H and O–H groups in total. The first-order valence-corrected chi connectivity index (χ1v) is 9.94. The summed E-state index contributed by atoms with van der Waals surface area (Å²) in [6.45, 7) is 0. The molecule has 4 rings (SSSR count). The summed E-state index contributed by atoms with van der Waals surface area (Å²) in [5.74, 6) is 0.747. The summed E-state index contributed by atoms with van der Waals surface area (Å²) >= 11 is 0. The molecule has 2 saturated carbocycles. The van der Waals surface area contributed by atoms with Crippen molar-refractivity contribution in [3.63, 3.8) is 0 Å². The van der Waals surface area contributed by atoms with Crippen molar-refractivity contribution < 1.29 is 8.42 Å². The van der Waals surface area contributed by atoms with E-state index in [1.807, 2.05) is 19.3 Å². The number of hydrogen-bond acceptors (Lipinski definition) is 6. The number of sulfonamides is 1. The van der Waals surface area contributed by atoms with Crippen molar-refractivity contribution >= 4 is 26.9 Å². The van der Waals surface area contributed by atoms with E-state index in [0.29, 0.717) is 12.8 Å². The van der Waals surface area contributed by atoms with Gasteiger partial charge in [-0.25, -0.2) is 23.1 Å². The van der Waals surface area contributed by atoms with Crippen LogP contribution in [0.15, 0.2) is 18.6 Å². The zero-order valence-electron chi connectivity index (χ0n) is 13.9. The fourth-order valence-corrected chi connectivity index (χ4v) is 5.39. The first-order valence-electron chi connectivity index (χ1n) is 8.39. The van der Waals surface area contributed by atoms with Crippen LogP contribution >= 0.6 is 0 Å². The number of aromatic amines is 1. The van der Waals surface area contributed by atoms with E-state index in [1.54, 1.807) is 0 Å². The van der Waals surface area contributed by atoms with Crippen LogP contribution in [0.25, 0.3) is 11.0 Å². The molecule has 2 aliphatic carbocycles. The second-order valence-electron chi connectivity index (χ2n) is 6.95. The van der Waals surface area contributed by atoms with Crippen molar-refractivity contribution in [1.29, 1.82) is 5.26 Å². The Hall–Kier alpha value is -2.18. The van der Waals surface area contributed by atoms with E-state index in [9.17, 15) is 8.42 Å². The van der Waals surface area contributed by atoms with Crippen LogP contribution in [-0.4, -0.2) is 47.8 Å². The van der Waals surface area contributed by atoms with Crippen LogP contribution in [0, 0.1) is 17.2 Å². The number of anilines is 1. The summed E-state index contributed by atoms with van der Waals surface area (Å²) < 4.78 is 27.4. The Morgan fingerprint density at radius 3 is 2.80 bits per heavy atom. The topological polar surface area (TPSA) is 115 Å². The van der Waals surface area contributed by atoms with Crippen LogP contribution in [0.3, 0.4) is 0 Å². The fraction of sp³-hybridized carbons (Fsp3) is 0.562. The first-order chi connectivity index (χ1) is 12.0. The highest BCUT2D eigenvalue weighted by molar-refractivity contribution is 7.90. The summed E-state index contributed by atoms with van der Waals surface area (Å²) in [6, 6.07) is 4.28. The lowest BCUT2D eigenvalue weighted by atomic mass is 9.86. The average Bonchev–Trinajstić information content (AvgIpc) is 2.97. The van der Waals surface area contributed by atoms with Gasteiger partial charge in [-0.3, -0.25) is 0 Å². The van der Waals surface area contributed by atoms with Crippen molar-refractivity contribution in [2.75, 3.05) is 11.9 Å². The predicted octanol–water partition coefficient (Wildman–Crippen LogP) is 1.15. The third kappa shape index (κ3) is 2.85. The highest BCUT2D eigenvalue weighted by Gasteiger charge is 2.42. The van der Waals surface area contributed by atoms with Crippen molar-refractivity contribution in [2.45, 2.75) is 43.0 Å². The predicted molar refractivity (Wildman–Crippen MR) is 93.3 cm³/mol. The van der Waals surface area contributed by atoms with Crippen LogP contribution in [0.4, 0.5) is 5.82 Å². The number of H-pyrrole nitrogens is 1. The number of nitrogens with one attached hydrogen (secondary N) is 2. The molecule has 2 aliphatic rings. The maximum absolute atomic E-state index is 12.3. The number of fused-ring (bicyclic) bond motifs is 1. The summed E-state index contributed by atoms with van der Waals surface area (Å²) in [4.78, 5) is 13.7. The molecule has 2 aromatic heterocycles. The second-order valence-corrected chi connectivity index (χ2v) is 8.94. The molecule has 2 heterocycles. The Balaban J connectivity index is 1.36. The number of aromatic nitrogens is 3. The van der Waals surface area contributed by atoms with Gasteiger partial charge in [-0.2, -0.15) is 5.26 Å². The SMILES string of the molecule is CN(c1ncnc2[nH]ccc12)[C@H]1C[C@@H](NS(=O)(=O)[C@H]2C[C@H](C#N)C2)C1. The monoisotopic (exact) mass is 360 g/mol.